The van der Waals surface area contributed by atoms with Crippen molar-refractivity contribution in [3.63, 3.8) is 0 Å². The van der Waals surface area contributed by atoms with Crippen LogP contribution in [0.3, 0.4) is 0 Å². The van der Waals surface area contributed by atoms with Gasteiger partial charge in [-0.3, -0.25) is 9.59 Å². The van der Waals surface area contributed by atoms with Crippen LogP contribution in [-0.2, 0) is 28.6 Å². The summed E-state index contributed by atoms with van der Waals surface area (Å²) in [6, 6.07) is -0.756. The molecule has 8 nitrogen and oxygen atoms in total. The van der Waals surface area contributed by atoms with Gasteiger partial charge < -0.3 is 28.6 Å². The average molecular weight is 830 g/mol. The van der Waals surface area contributed by atoms with E-state index in [1.165, 1.54) is 0 Å². The second-order valence-corrected chi connectivity index (χ2v) is 15.2. The number of hydrogen-bond acceptors (Lipinski definition) is 7. The molecule has 0 N–H and O–H groups in total. The number of likely N-dealkylation sites (N-methyl/N-ethyl adjacent to an activating group) is 1. The first-order valence-corrected chi connectivity index (χ1v) is 22.2. The van der Waals surface area contributed by atoms with E-state index >= 15 is 0 Å². The molecule has 0 fully saturated rings. The van der Waals surface area contributed by atoms with E-state index in [2.05, 4.69) is 135 Å². The lowest BCUT2D eigenvalue weighted by Gasteiger charge is -2.34. The molecular weight excluding hydrogens is 751 g/mol. The highest BCUT2D eigenvalue weighted by atomic mass is 16.6. The highest BCUT2D eigenvalue weighted by Crippen LogP contribution is 2.09. The van der Waals surface area contributed by atoms with Gasteiger partial charge in [-0.25, -0.2) is 0 Å². The van der Waals surface area contributed by atoms with E-state index < -0.39 is 24.1 Å². The van der Waals surface area contributed by atoms with Crippen LogP contribution >= 0.6 is 0 Å². The molecule has 0 aliphatic carbocycles. The van der Waals surface area contributed by atoms with E-state index in [0.717, 1.165) is 77.0 Å². The minimum Gasteiger partial charge on any atom is -0.544 e. The van der Waals surface area contributed by atoms with Gasteiger partial charge in [0.15, 0.2) is 6.10 Å². The third kappa shape index (κ3) is 39.0. The fraction of sp³-hybridized carbons (Fsp3) is 0.519. The van der Waals surface area contributed by atoms with E-state index in [9.17, 15) is 19.5 Å². The fourth-order valence-electron chi connectivity index (χ4n) is 5.42. The zero-order chi connectivity index (χ0) is 44.2. The van der Waals surface area contributed by atoms with Gasteiger partial charge in [-0.1, -0.05) is 148 Å². The topological polar surface area (TPSA) is 102 Å². The van der Waals surface area contributed by atoms with Crippen LogP contribution in [0.4, 0.5) is 0 Å². The summed E-state index contributed by atoms with van der Waals surface area (Å²) in [6.07, 6.45) is 59.3. The van der Waals surface area contributed by atoms with Crippen LogP contribution in [0.2, 0.25) is 0 Å². The van der Waals surface area contributed by atoms with Gasteiger partial charge in [0.05, 0.1) is 40.3 Å². The van der Waals surface area contributed by atoms with Gasteiger partial charge in [0.25, 0.3) is 0 Å². The Balaban J connectivity index is 4.58. The first-order chi connectivity index (χ1) is 29.1. The van der Waals surface area contributed by atoms with Gasteiger partial charge in [-0.05, 0) is 89.9 Å². The number of carbonyl (C=O) groups is 3. The van der Waals surface area contributed by atoms with E-state index in [4.69, 9.17) is 14.2 Å². The molecule has 0 saturated heterocycles. The van der Waals surface area contributed by atoms with Crippen LogP contribution in [-0.4, -0.2) is 75.5 Å². The lowest BCUT2D eigenvalue weighted by molar-refractivity contribution is -0.889. The number of carboxylic acid groups (broad SMARTS) is 1. The Morgan fingerprint density at radius 3 is 1.27 bits per heavy atom. The number of hydrogen-bond donors (Lipinski definition) is 0. The summed E-state index contributed by atoms with van der Waals surface area (Å²) in [6.45, 7) is 4.25. The Morgan fingerprint density at radius 2 is 0.883 bits per heavy atom. The normalized spacial score (nSPS) is 14.2. The van der Waals surface area contributed by atoms with Crippen LogP contribution in [0.25, 0.3) is 0 Å². The molecule has 0 aromatic rings. The molecule has 0 radical (unpaired) electrons. The maximum absolute atomic E-state index is 12.7. The number of aliphatic carboxylic acids is 1. The number of allylic oxidation sites excluding steroid dienone is 22. The predicted molar refractivity (Wildman–Crippen MR) is 249 cm³/mol. The molecular formula is C52H79NO7. The molecule has 0 bridgehead atoms. The summed E-state index contributed by atoms with van der Waals surface area (Å²) < 4.78 is 17.0. The van der Waals surface area contributed by atoms with Crippen molar-refractivity contribution < 1.29 is 38.2 Å². The summed E-state index contributed by atoms with van der Waals surface area (Å²) in [5.41, 5.74) is 0. The molecule has 0 aromatic heterocycles. The van der Waals surface area contributed by atoms with Crippen LogP contribution in [0.1, 0.15) is 123 Å². The summed E-state index contributed by atoms with van der Waals surface area (Å²) in [4.78, 5) is 36.8. The Labute approximate surface area is 364 Å². The first-order valence-electron chi connectivity index (χ1n) is 22.2. The van der Waals surface area contributed by atoms with E-state index in [1.54, 1.807) is 21.1 Å². The second kappa shape index (κ2) is 41.2. The fourth-order valence-corrected chi connectivity index (χ4v) is 5.42. The molecule has 0 aliphatic heterocycles. The lowest BCUT2D eigenvalue weighted by atomic mass is 10.1. The molecule has 0 saturated carbocycles. The van der Waals surface area contributed by atoms with Crippen molar-refractivity contribution in [2.75, 3.05) is 41.0 Å². The highest BCUT2D eigenvalue weighted by molar-refractivity contribution is 5.70. The number of quaternary nitrogens is 1. The van der Waals surface area contributed by atoms with Gasteiger partial charge >= 0.3 is 11.9 Å². The minimum absolute atomic E-state index is 0.0177. The summed E-state index contributed by atoms with van der Waals surface area (Å²) in [5, 5.41) is 11.6. The molecule has 0 aliphatic rings. The van der Waals surface area contributed by atoms with E-state index in [0.29, 0.717) is 12.8 Å². The standard InChI is InChI=1S/C52H79NO7/c1-6-8-10-12-14-16-18-20-22-24-25-26-27-29-30-32-34-36-38-40-42-50(54)59-47-48(46-58-45-44-49(52(56)57)53(3,4)5)60-51(55)43-41-39-37-35-33-31-28-23-21-19-17-15-13-11-9-7-2/h8-11,14-17,20-23,25-26,29-31,33-34,36-37,39,48-49H,6-7,12-13,18-19,24,27-28,32,35,38,40-47H2,1-5H3/b10-8+,11-9+,16-14+,17-15+,22-20+,23-21+,26-25+,30-29+,33-31+,36-34+,39-37+. The third-order valence-electron chi connectivity index (χ3n) is 8.80. The SMILES string of the molecule is CC/C=C/C/C=C/C/C=C/C/C=C/C/C=C/C/C=C/CCCC(=O)OCC(COCCC(C(=O)[O-])[N+](C)(C)C)OC(=O)CC/C=C/C/C=C/C/C=C/C/C=C/C/C=C/CC. The number of carbonyl (C=O) groups excluding carboxylic acids is 3. The van der Waals surface area contributed by atoms with Crippen LogP contribution < -0.4 is 5.11 Å². The van der Waals surface area contributed by atoms with Crippen molar-refractivity contribution in [2.45, 2.75) is 135 Å². The Bertz CT molecular complexity index is 1430. The van der Waals surface area contributed by atoms with Gasteiger partial charge in [0, 0.05) is 19.3 Å². The van der Waals surface area contributed by atoms with Crippen molar-refractivity contribution in [1.29, 1.82) is 0 Å². The Morgan fingerprint density at radius 1 is 0.500 bits per heavy atom. The number of ether oxygens (including phenoxy) is 3. The van der Waals surface area contributed by atoms with Crippen molar-refractivity contribution in [3.05, 3.63) is 134 Å². The number of esters is 2. The lowest BCUT2D eigenvalue weighted by Crippen LogP contribution is -2.55. The smallest absolute Gasteiger partial charge is 0.306 e. The van der Waals surface area contributed by atoms with Gasteiger partial charge in [-0.15, -0.1) is 0 Å². The molecule has 334 valence electrons. The van der Waals surface area contributed by atoms with Crippen LogP contribution in [0.5, 0.6) is 0 Å². The third-order valence-corrected chi connectivity index (χ3v) is 8.80. The van der Waals surface area contributed by atoms with Crippen molar-refractivity contribution in [1.82, 2.24) is 0 Å². The van der Waals surface area contributed by atoms with E-state index in [1.807, 2.05) is 12.2 Å². The average Bonchev–Trinajstić information content (AvgIpc) is 3.21. The van der Waals surface area contributed by atoms with Crippen molar-refractivity contribution >= 4 is 17.9 Å². The van der Waals surface area contributed by atoms with Gasteiger partial charge in [0.2, 0.25) is 0 Å². The van der Waals surface area contributed by atoms with Gasteiger partial charge in [-0.2, -0.15) is 0 Å². The molecule has 2 atom stereocenters. The number of unbranched alkanes of at least 4 members (excludes halogenated alkanes) is 1. The quantitative estimate of drug-likeness (QED) is 0.0266. The number of rotatable bonds is 37. The molecule has 0 amide bonds. The molecule has 60 heavy (non-hydrogen) atoms. The molecule has 2 unspecified atom stereocenters. The van der Waals surface area contributed by atoms with E-state index in [-0.39, 0.29) is 49.5 Å². The van der Waals surface area contributed by atoms with Crippen LogP contribution in [0, 0.1) is 0 Å². The maximum Gasteiger partial charge on any atom is 0.306 e. The zero-order valence-corrected chi connectivity index (χ0v) is 37.8. The minimum atomic E-state index is -1.15. The highest BCUT2D eigenvalue weighted by Gasteiger charge is 2.25. The Hall–Kier alpha value is -4.53. The van der Waals surface area contributed by atoms with Gasteiger partial charge in [0.1, 0.15) is 12.6 Å². The molecule has 8 heteroatoms. The molecule has 0 spiro atoms. The zero-order valence-electron chi connectivity index (χ0n) is 37.8. The largest absolute Gasteiger partial charge is 0.544 e. The predicted octanol–water partition coefficient (Wildman–Crippen LogP) is 11.1. The van der Waals surface area contributed by atoms with Crippen LogP contribution in [0.15, 0.2) is 134 Å². The molecule has 0 aromatic carbocycles. The summed E-state index contributed by atoms with van der Waals surface area (Å²) >= 11 is 0. The maximum atomic E-state index is 12.7. The summed E-state index contributed by atoms with van der Waals surface area (Å²) in [5.74, 6) is -1.94. The van der Waals surface area contributed by atoms with Crippen molar-refractivity contribution in [2.24, 2.45) is 0 Å². The second-order valence-electron chi connectivity index (χ2n) is 15.2. The van der Waals surface area contributed by atoms with Crippen molar-refractivity contribution in [3.8, 4) is 0 Å². The first kappa shape index (κ1) is 55.5. The molecule has 0 heterocycles. The summed E-state index contributed by atoms with van der Waals surface area (Å²) in [7, 11) is 5.34. The monoisotopic (exact) mass is 830 g/mol. The molecule has 0 rings (SSSR count). The number of nitrogens with zero attached hydrogens (tertiary/aromatic N) is 1. The Kier molecular flexibility index (Phi) is 38.1. The number of carboxylic acids is 1.